The highest BCUT2D eigenvalue weighted by Gasteiger charge is 2.29. The molecular weight excluding hydrogens is 326 g/mol. The number of hydrogen-bond acceptors (Lipinski definition) is 7. The highest BCUT2D eigenvalue weighted by atomic mass is 16.5. The van der Waals surface area contributed by atoms with Crippen LogP contribution in [0, 0.1) is 6.92 Å². The smallest absolute Gasteiger partial charge is 0.228 e. The number of aromatic nitrogens is 1. The van der Waals surface area contributed by atoms with E-state index in [9.17, 15) is 4.79 Å². The third kappa shape index (κ3) is 3.17. The quantitative estimate of drug-likeness (QED) is 0.713. The van der Waals surface area contributed by atoms with E-state index in [1.807, 2.05) is 0 Å². The fraction of sp³-hybridized carbons (Fsp3) is 0.333. The zero-order valence-corrected chi connectivity index (χ0v) is 15.1. The summed E-state index contributed by atoms with van der Waals surface area (Å²) in [5.41, 5.74) is 1.19. The highest BCUT2D eigenvalue weighted by molar-refractivity contribution is 6.15. The first kappa shape index (κ1) is 18.4. The van der Waals surface area contributed by atoms with E-state index in [0.717, 1.165) is 0 Å². The van der Waals surface area contributed by atoms with Gasteiger partial charge in [-0.1, -0.05) is 0 Å². The van der Waals surface area contributed by atoms with Gasteiger partial charge in [-0.25, -0.2) is 4.98 Å². The van der Waals surface area contributed by atoms with Gasteiger partial charge in [-0.2, -0.15) is 0 Å². The molecule has 1 aromatic heterocycles. The van der Waals surface area contributed by atoms with E-state index in [1.54, 1.807) is 19.1 Å². The number of hydrogen-bond donors (Lipinski definition) is 0. The Balaban J connectivity index is 2.77. The SMILES string of the molecule is COc1cc(C)c(C(=O)c2c(OC)ccnc2OC)c(OC)c1OC. The molecule has 1 aromatic carbocycles. The van der Waals surface area contributed by atoms with Gasteiger partial charge in [0.05, 0.1) is 41.1 Å². The number of methoxy groups -OCH3 is 5. The highest BCUT2D eigenvalue weighted by Crippen LogP contribution is 2.43. The van der Waals surface area contributed by atoms with Crippen LogP contribution in [0.1, 0.15) is 21.5 Å². The number of aryl methyl sites for hydroxylation is 1. The summed E-state index contributed by atoms with van der Waals surface area (Å²) >= 11 is 0. The first-order chi connectivity index (χ1) is 12.0. The molecule has 0 aliphatic heterocycles. The second-order valence-electron chi connectivity index (χ2n) is 5.06. The van der Waals surface area contributed by atoms with Gasteiger partial charge in [-0.05, 0) is 24.6 Å². The Bertz CT molecular complexity index is 765. The van der Waals surface area contributed by atoms with Crippen LogP contribution in [0.4, 0.5) is 0 Å². The van der Waals surface area contributed by atoms with E-state index in [2.05, 4.69) is 4.98 Å². The molecule has 0 amide bonds. The van der Waals surface area contributed by atoms with Crippen molar-refractivity contribution in [3.63, 3.8) is 0 Å². The molecule has 0 aliphatic rings. The predicted molar refractivity (Wildman–Crippen MR) is 91.6 cm³/mol. The van der Waals surface area contributed by atoms with Crippen LogP contribution in [0.2, 0.25) is 0 Å². The lowest BCUT2D eigenvalue weighted by Gasteiger charge is -2.18. The summed E-state index contributed by atoms with van der Waals surface area (Å²) in [5.74, 6) is 1.25. The first-order valence-electron chi connectivity index (χ1n) is 7.45. The molecule has 0 saturated heterocycles. The third-order valence-corrected chi connectivity index (χ3v) is 3.77. The molecular formula is C18H21NO6. The van der Waals surface area contributed by atoms with E-state index in [1.165, 1.54) is 41.7 Å². The van der Waals surface area contributed by atoms with E-state index in [-0.39, 0.29) is 23.0 Å². The lowest BCUT2D eigenvalue weighted by molar-refractivity contribution is 0.102. The molecule has 134 valence electrons. The van der Waals surface area contributed by atoms with Gasteiger partial charge in [0.15, 0.2) is 11.5 Å². The van der Waals surface area contributed by atoms with Gasteiger partial charge < -0.3 is 23.7 Å². The summed E-state index contributed by atoms with van der Waals surface area (Å²) in [5, 5.41) is 0. The maximum Gasteiger partial charge on any atom is 0.228 e. The summed E-state index contributed by atoms with van der Waals surface area (Å²) in [7, 11) is 7.38. The number of benzene rings is 1. The molecule has 0 unspecified atom stereocenters. The van der Waals surface area contributed by atoms with Crippen LogP contribution < -0.4 is 23.7 Å². The van der Waals surface area contributed by atoms with E-state index in [0.29, 0.717) is 28.4 Å². The number of carbonyl (C=O) groups is 1. The van der Waals surface area contributed by atoms with Crippen molar-refractivity contribution in [1.29, 1.82) is 0 Å². The van der Waals surface area contributed by atoms with Crippen molar-refractivity contribution in [2.45, 2.75) is 6.92 Å². The molecule has 25 heavy (non-hydrogen) atoms. The van der Waals surface area contributed by atoms with Crippen LogP contribution in [0.15, 0.2) is 18.3 Å². The van der Waals surface area contributed by atoms with Crippen molar-refractivity contribution in [2.75, 3.05) is 35.5 Å². The summed E-state index contributed by atoms with van der Waals surface area (Å²) in [6.07, 6.45) is 1.51. The molecule has 0 spiro atoms. The van der Waals surface area contributed by atoms with Crippen LogP contribution in [-0.2, 0) is 0 Å². The number of carbonyl (C=O) groups excluding carboxylic acids is 1. The van der Waals surface area contributed by atoms with Crippen LogP contribution in [0.3, 0.4) is 0 Å². The molecule has 2 rings (SSSR count). The zero-order chi connectivity index (χ0) is 18.6. The summed E-state index contributed by atoms with van der Waals surface area (Å²) in [6.45, 7) is 1.78. The third-order valence-electron chi connectivity index (χ3n) is 3.77. The maximum absolute atomic E-state index is 13.3. The van der Waals surface area contributed by atoms with Gasteiger partial charge >= 0.3 is 0 Å². The molecule has 7 heteroatoms. The van der Waals surface area contributed by atoms with Gasteiger partial charge in [0.25, 0.3) is 0 Å². The summed E-state index contributed by atoms with van der Waals surface area (Å²) < 4.78 is 26.7. The fourth-order valence-corrected chi connectivity index (χ4v) is 2.65. The van der Waals surface area contributed by atoms with Crippen molar-refractivity contribution < 1.29 is 28.5 Å². The van der Waals surface area contributed by atoms with E-state index < -0.39 is 0 Å². The maximum atomic E-state index is 13.3. The number of ether oxygens (including phenoxy) is 5. The van der Waals surface area contributed by atoms with Crippen molar-refractivity contribution >= 4 is 5.78 Å². The average molecular weight is 347 g/mol. The van der Waals surface area contributed by atoms with Gasteiger partial charge in [-0.3, -0.25) is 4.79 Å². The molecule has 1 heterocycles. The Morgan fingerprint density at radius 2 is 1.48 bits per heavy atom. The molecule has 0 saturated carbocycles. The van der Waals surface area contributed by atoms with Crippen molar-refractivity contribution in [3.05, 3.63) is 35.0 Å². The standard InChI is InChI=1S/C18H21NO6/c1-10-9-12(22-3)16(23-4)17(24-5)13(10)15(20)14-11(21-2)7-8-19-18(14)25-6/h7-9H,1-6H3. The monoisotopic (exact) mass is 347 g/mol. The number of pyridine rings is 1. The van der Waals surface area contributed by atoms with Crippen molar-refractivity contribution in [3.8, 4) is 28.9 Å². The lowest BCUT2D eigenvalue weighted by atomic mass is 9.97. The zero-order valence-electron chi connectivity index (χ0n) is 15.1. The first-order valence-corrected chi connectivity index (χ1v) is 7.45. The van der Waals surface area contributed by atoms with Crippen LogP contribution in [0.25, 0.3) is 0 Å². The van der Waals surface area contributed by atoms with Crippen molar-refractivity contribution in [2.24, 2.45) is 0 Å². The molecule has 0 radical (unpaired) electrons. The normalized spacial score (nSPS) is 10.2. The Morgan fingerprint density at radius 3 is 2.00 bits per heavy atom. The Kier molecular flexibility index (Phi) is 5.69. The summed E-state index contributed by atoms with van der Waals surface area (Å²) in [6, 6.07) is 3.31. The molecule has 0 N–H and O–H groups in total. The molecule has 0 aliphatic carbocycles. The second kappa shape index (κ2) is 7.74. The molecule has 0 atom stereocenters. The Morgan fingerprint density at radius 1 is 0.840 bits per heavy atom. The van der Waals surface area contributed by atoms with E-state index in [4.69, 9.17) is 23.7 Å². The molecule has 0 fully saturated rings. The van der Waals surface area contributed by atoms with Gasteiger partial charge in [0, 0.05) is 6.20 Å². The Hall–Kier alpha value is -2.96. The molecule has 7 nitrogen and oxygen atoms in total. The van der Waals surface area contributed by atoms with Gasteiger partial charge in [0.2, 0.25) is 17.4 Å². The predicted octanol–water partition coefficient (Wildman–Crippen LogP) is 2.66. The minimum absolute atomic E-state index is 0.167. The number of nitrogens with zero attached hydrogens (tertiary/aromatic N) is 1. The molecule has 0 bridgehead atoms. The lowest BCUT2D eigenvalue weighted by Crippen LogP contribution is -2.12. The fourth-order valence-electron chi connectivity index (χ4n) is 2.65. The number of ketones is 1. The minimum atomic E-state index is -0.350. The largest absolute Gasteiger partial charge is 0.496 e. The van der Waals surface area contributed by atoms with Crippen molar-refractivity contribution in [1.82, 2.24) is 4.98 Å². The molecule has 2 aromatic rings. The Labute approximate surface area is 146 Å². The minimum Gasteiger partial charge on any atom is -0.496 e. The summed E-state index contributed by atoms with van der Waals surface area (Å²) in [4.78, 5) is 17.4. The topological polar surface area (TPSA) is 76.1 Å². The van der Waals surface area contributed by atoms with Crippen LogP contribution in [0.5, 0.6) is 28.9 Å². The van der Waals surface area contributed by atoms with Gasteiger partial charge in [-0.15, -0.1) is 0 Å². The van der Waals surface area contributed by atoms with E-state index >= 15 is 0 Å². The van der Waals surface area contributed by atoms with Crippen LogP contribution in [-0.4, -0.2) is 46.3 Å². The van der Waals surface area contributed by atoms with Crippen LogP contribution >= 0.6 is 0 Å². The van der Waals surface area contributed by atoms with Gasteiger partial charge in [0.1, 0.15) is 11.3 Å². The number of rotatable bonds is 7. The average Bonchev–Trinajstić information content (AvgIpc) is 2.65. The second-order valence-corrected chi connectivity index (χ2v) is 5.06.